The number of nitrogens with zero attached hydrogens (tertiary/aromatic N) is 1. The van der Waals surface area contributed by atoms with Crippen LogP contribution in [0.15, 0.2) is 176 Å². The van der Waals surface area contributed by atoms with E-state index in [1.54, 1.807) is 113 Å². The number of rotatable bonds is 13. The summed E-state index contributed by atoms with van der Waals surface area (Å²) in [5, 5.41) is 17.1. The monoisotopic (exact) mass is 1350 g/mol. The highest BCUT2D eigenvalue weighted by molar-refractivity contribution is 6.36. The highest BCUT2D eigenvalue weighted by atomic mass is 35.5. The maximum absolute atomic E-state index is 12.9. The first-order valence-electron chi connectivity index (χ1n) is 27.6. The van der Waals surface area contributed by atoms with Crippen LogP contribution in [0.3, 0.4) is 0 Å². The molecule has 1 aliphatic carbocycles. The number of fused-ring (bicyclic) bond motifs is 1. The van der Waals surface area contributed by atoms with Gasteiger partial charge in [-0.3, -0.25) is 9.59 Å². The summed E-state index contributed by atoms with van der Waals surface area (Å²) in [6, 6.07) is 38.5. The summed E-state index contributed by atoms with van der Waals surface area (Å²) >= 11 is 54.2. The maximum Gasteiger partial charge on any atom is 0.417 e. The number of halogens is 9. The normalized spacial score (nSPS) is 19.0. The second-order valence-corrected chi connectivity index (χ2v) is 25.6. The molecule has 6 aromatic carbocycles. The summed E-state index contributed by atoms with van der Waals surface area (Å²) in [4.78, 5) is 49.7. The Kier molecular flexibility index (Phi) is 28.3. The Labute approximate surface area is 556 Å². The molecule has 1 saturated carbocycles. The van der Waals surface area contributed by atoms with Gasteiger partial charge in [0.05, 0.1) is 11.5 Å². The van der Waals surface area contributed by atoms with E-state index in [4.69, 9.17) is 120 Å². The fraction of sp³-hybridized carbons (Fsp3) is 0.246. The van der Waals surface area contributed by atoms with Crippen molar-refractivity contribution in [1.82, 2.24) is 10.2 Å². The van der Waals surface area contributed by atoms with Gasteiger partial charge < -0.3 is 20.9 Å². The van der Waals surface area contributed by atoms with Crippen molar-refractivity contribution in [1.29, 1.82) is 0 Å². The molecule has 0 spiro atoms. The van der Waals surface area contributed by atoms with Crippen LogP contribution in [-0.4, -0.2) is 57.6 Å². The first-order valence-corrected chi connectivity index (χ1v) is 31.0. The van der Waals surface area contributed by atoms with E-state index in [0.29, 0.717) is 40.2 Å². The summed E-state index contributed by atoms with van der Waals surface area (Å²) in [6.07, 6.45) is 20.5. The predicted molar refractivity (Wildman–Crippen MR) is 366 cm³/mol. The lowest BCUT2D eigenvalue weighted by atomic mass is 9.56. The molecule has 4 N–H and O–H groups in total. The van der Waals surface area contributed by atoms with E-state index in [9.17, 15) is 19.2 Å². The number of benzene rings is 6. The minimum absolute atomic E-state index is 0.0979. The van der Waals surface area contributed by atoms with Gasteiger partial charge >= 0.3 is 12.1 Å². The first kappa shape index (κ1) is 72.0. The van der Waals surface area contributed by atoms with Gasteiger partial charge in [0.2, 0.25) is 5.91 Å². The van der Waals surface area contributed by atoms with Crippen LogP contribution in [0, 0.1) is 11.3 Å². The molecule has 87 heavy (non-hydrogen) atoms. The number of carbonyl (C=O) groups excluding carboxylic acids is 3. The lowest BCUT2D eigenvalue weighted by Crippen LogP contribution is -2.44. The molecule has 0 radical (unpaired) electrons. The fourth-order valence-electron chi connectivity index (χ4n) is 9.78. The molecule has 0 bridgehead atoms. The number of amides is 3. The number of allylic oxidation sites excluding steroid dienone is 4. The average Bonchev–Trinajstić information content (AvgIpc) is 1.67. The zero-order valence-corrected chi connectivity index (χ0v) is 55.6. The standard InChI is InChI=1S/C26H26Cl3NO3.C22H22Cl3NO.C11H8Cl2O2.C10H12ClN/c1-18(9-10-19-11-14-21(27)15-12-19)30(25(32)33-26(2,3)4)24(31)8-6-5-7-20-13-16-22(28)17-23(20)29;1-12-20-19(13-3-5-14(23)6-4-13)17(9-10-22(20,2)21(27)26-12)16-8-7-15(24)11-18(16)25;12-9-6-5-8(10(13)7-9)3-1-2-4-11(14)15;1-8(12)2-3-9-4-6-10(11)7-5-9/h5-18H,1-4H3;3-8,11-12,17,19-20H,9-10H2,1-2H3,(H,26,27);1-7H,(H,14,15);2-8H,12H2,1H3/b7-5+,8-6+,10-9-;;3-1+,4-2+;3-2-/t18-;12-,17+,19+,20+,22-;;8-/m11.1/s1. The Morgan fingerprint density at radius 1 is 0.632 bits per heavy atom. The molecule has 6 aromatic rings. The predicted octanol–water partition coefficient (Wildman–Crippen LogP) is 20.9. The van der Waals surface area contributed by atoms with Gasteiger partial charge in [-0.05, 0) is 172 Å². The number of ether oxygens (including phenoxy) is 1. The Morgan fingerprint density at radius 3 is 1.54 bits per heavy atom. The molecule has 0 aromatic heterocycles. The molecule has 2 fully saturated rings. The molecule has 8 rings (SSSR count). The number of nitrogens with one attached hydrogen (secondary N) is 1. The van der Waals surface area contributed by atoms with Crippen molar-refractivity contribution < 1.29 is 29.0 Å². The minimum Gasteiger partial charge on any atom is -0.478 e. The van der Waals surface area contributed by atoms with Crippen LogP contribution in [0.1, 0.15) is 107 Å². The van der Waals surface area contributed by atoms with E-state index < -0.39 is 29.6 Å². The first-order chi connectivity index (χ1) is 41.0. The topological polar surface area (TPSA) is 139 Å². The molecule has 0 unspecified atom stereocenters. The van der Waals surface area contributed by atoms with Gasteiger partial charge in [-0.2, -0.15) is 0 Å². The van der Waals surface area contributed by atoms with Crippen LogP contribution in [0.25, 0.3) is 24.3 Å². The van der Waals surface area contributed by atoms with Crippen LogP contribution in [0.5, 0.6) is 0 Å². The molecule has 2 aliphatic rings. The van der Waals surface area contributed by atoms with E-state index >= 15 is 0 Å². The third-order valence-electron chi connectivity index (χ3n) is 13.9. The van der Waals surface area contributed by atoms with Crippen LogP contribution in [0.2, 0.25) is 45.2 Å². The van der Waals surface area contributed by atoms with Crippen molar-refractivity contribution in [3.63, 3.8) is 0 Å². The van der Waals surface area contributed by atoms with Crippen LogP contribution in [0.4, 0.5) is 4.79 Å². The van der Waals surface area contributed by atoms with Gasteiger partial charge in [0.1, 0.15) is 5.60 Å². The number of imide groups is 1. The molecule has 9 nitrogen and oxygen atoms in total. The third kappa shape index (κ3) is 23.0. The van der Waals surface area contributed by atoms with Crippen molar-refractivity contribution in [3.8, 4) is 0 Å². The van der Waals surface area contributed by atoms with Gasteiger partial charge in [0, 0.05) is 75.4 Å². The van der Waals surface area contributed by atoms with Crippen molar-refractivity contribution in [3.05, 3.63) is 255 Å². The summed E-state index contributed by atoms with van der Waals surface area (Å²) < 4.78 is 5.45. The Morgan fingerprint density at radius 2 is 1.08 bits per heavy atom. The zero-order valence-electron chi connectivity index (χ0n) is 48.8. The smallest absolute Gasteiger partial charge is 0.417 e. The molecule has 3 amide bonds. The average molecular weight is 1350 g/mol. The Bertz CT molecular complexity index is 3500. The molecule has 18 heteroatoms. The van der Waals surface area contributed by atoms with E-state index in [1.807, 2.05) is 91.9 Å². The number of hydrogen-bond donors (Lipinski definition) is 3. The maximum atomic E-state index is 12.9. The fourth-order valence-corrected chi connectivity index (χ4v) is 11.6. The van der Waals surface area contributed by atoms with Crippen molar-refractivity contribution in [2.45, 2.75) is 96.9 Å². The van der Waals surface area contributed by atoms with Gasteiger partial charge in [-0.25, -0.2) is 14.5 Å². The van der Waals surface area contributed by atoms with Crippen molar-refractivity contribution in [2.24, 2.45) is 17.1 Å². The van der Waals surface area contributed by atoms with Crippen molar-refractivity contribution >= 4 is 153 Å². The SMILES string of the molecule is C[C@@H](N)/C=C\c1ccc(Cl)cc1.C[C@H](/C=C\c1ccc(Cl)cc1)N(C(=O)/C=C/C=C/c1ccc(Cl)cc1Cl)C(=O)OC(C)(C)C.C[C@H]1NC(=O)[C@]2(C)CC[C@@H](c3ccc(Cl)cc3Cl)[C@H](c3ccc(Cl)cc3)[C@H]12.O=C(O)/C=C/C=C/c1ccc(Cl)cc1Cl. The van der Waals surface area contributed by atoms with Crippen molar-refractivity contribution in [2.75, 3.05) is 0 Å². The second kappa shape index (κ2) is 34.3. The highest BCUT2D eigenvalue weighted by Gasteiger charge is 2.58. The van der Waals surface area contributed by atoms with Crippen LogP contribution >= 0.6 is 104 Å². The molecular weight excluding hydrogens is 1290 g/mol. The zero-order chi connectivity index (χ0) is 64.2. The molecule has 1 saturated heterocycles. The van der Waals surface area contributed by atoms with Gasteiger partial charge in [-0.1, -0.05) is 227 Å². The second-order valence-electron chi connectivity index (χ2n) is 21.8. The lowest BCUT2D eigenvalue weighted by molar-refractivity contribution is -0.131. The van der Waals surface area contributed by atoms with Gasteiger partial charge in [-0.15, -0.1) is 0 Å². The van der Waals surface area contributed by atoms with E-state index in [2.05, 4.69) is 31.3 Å². The lowest BCUT2D eigenvalue weighted by Gasteiger charge is -2.46. The number of carbonyl (C=O) groups is 4. The number of hydrogen-bond acceptors (Lipinski definition) is 6. The molecule has 458 valence electrons. The van der Waals surface area contributed by atoms with Crippen LogP contribution < -0.4 is 11.1 Å². The Hall–Kier alpha value is -5.79. The third-order valence-corrected chi connectivity index (χ3v) is 16.3. The number of carboxylic acids is 1. The highest BCUT2D eigenvalue weighted by Crippen LogP contribution is 2.59. The molecule has 1 aliphatic heterocycles. The quantitative estimate of drug-likeness (QED) is 0.0773. The minimum atomic E-state index is -0.984. The molecule has 1 heterocycles. The molecule has 7 atom stereocenters. The van der Waals surface area contributed by atoms with E-state index in [1.165, 1.54) is 17.7 Å². The van der Waals surface area contributed by atoms with Gasteiger partial charge in [0.25, 0.3) is 5.91 Å². The summed E-state index contributed by atoms with van der Waals surface area (Å²) in [7, 11) is 0. The summed E-state index contributed by atoms with van der Waals surface area (Å²) in [5.74, 6) is -0.736. The van der Waals surface area contributed by atoms with E-state index in [-0.39, 0.29) is 41.2 Å². The molecular formula is C69H68Cl9N3O6. The number of aliphatic carboxylic acids is 1. The number of carboxylic acid groups (broad SMARTS) is 1. The number of nitrogens with two attached hydrogens (primary N) is 1. The van der Waals surface area contributed by atoms with Crippen LogP contribution in [-0.2, 0) is 19.1 Å². The van der Waals surface area contributed by atoms with Gasteiger partial charge in [0.15, 0.2) is 0 Å². The summed E-state index contributed by atoms with van der Waals surface area (Å²) in [6.45, 7) is 13.1. The van der Waals surface area contributed by atoms with E-state index in [0.717, 1.165) is 56.7 Å². The largest absolute Gasteiger partial charge is 0.478 e. The summed E-state index contributed by atoms with van der Waals surface area (Å²) in [5.41, 5.74) is 10.3. The Balaban J connectivity index is 0.000000227.